The van der Waals surface area contributed by atoms with Crippen LogP contribution in [-0.4, -0.2) is 53.3 Å². The van der Waals surface area contributed by atoms with Gasteiger partial charge in [-0.15, -0.1) is 0 Å². The number of carbonyl (C=O) groups excluding carboxylic acids is 2. The lowest BCUT2D eigenvalue weighted by molar-refractivity contribution is -0.116. The van der Waals surface area contributed by atoms with Crippen LogP contribution in [0.1, 0.15) is 35.2 Å². The van der Waals surface area contributed by atoms with Gasteiger partial charge in [0.05, 0.1) is 23.2 Å². The lowest BCUT2D eigenvalue weighted by Gasteiger charge is -2.22. The molecule has 0 aliphatic carbocycles. The number of aryl methyl sites for hydroxylation is 1. The van der Waals surface area contributed by atoms with Crippen LogP contribution in [0, 0.1) is 6.92 Å². The largest absolute Gasteiger partial charge is 0.385 e. The van der Waals surface area contributed by atoms with E-state index in [4.69, 9.17) is 4.74 Å². The maximum absolute atomic E-state index is 12.5. The Hall–Kier alpha value is -2.91. The molecule has 2 aromatic carbocycles. The number of ether oxygens (including phenoxy) is 1. The van der Waals surface area contributed by atoms with Gasteiger partial charge in [0, 0.05) is 33.2 Å². The zero-order chi connectivity index (χ0) is 23.6. The van der Waals surface area contributed by atoms with Crippen LogP contribution in [0.25, 0.3) is 0 Å². The van der Waals surface area contributed by atoms with Crippen molar-refractivity contribution in [2.75, 3.05) is 42.7 Å². The lowest BCUT2D eigenvalue weighted by Crippen LogP contribution is -2.31. The first kappa shape index (κ1) is 25.4. The van der Waals surface area contributed by atoms with E-state index in [-0.39, 0.29) is 24.8 Å². The normalized spacial score (nSPS) is 11.1. The van der Waals surface area contributed by atoms with Gasteiger partial charge in [0.1, 0.15) is 0 Å². The van der Waals surface area contributed by atoms with E-state index in [0.29, 0.717) is 42.9 Å². The molecule has 0 fully saturated rings. The molecule has 0 aromatic heterocycles. The quantitative estimate of drug-likeness (QED) is 0.473. The molecule has 0 aliphatic rings. The molecule has 0 saturated carbocycles. The Morgan fingerprint density at radius 1 is 1.06 bits per heavy atom. The molecular formula is C23H31N3O5S. The van der Waals surface area contributed by atoms with Crippen LogP contribution in [0.5, 0.6) is 0 Å². The highest BCUT2D eigenvalue weighted by Crippen LogP contribution is 2.20. The summed E-state index contributed by atoms with van der Waals surface area (Å²) < 4.78 is 30.7. The number of hydrogen-bond acceptors (Lipinski definition) is 5. The molecule has 2 aromatic rings. The van der Waals surface area contributed by atoms with E-state index < -0.39 is 10.0 Å². The van der Waals surface area contributed by atoms with E-state index >= 15 is 0 Å². The second kappa shape index (κ2) is 12.2. The molecule has 0 bridgehead atoms. The van der Waals surface area contributed by atoms with Gasteiger partial charge in [0.2, 0.25) is 15.9 Å². The predicted octanol–water partition coefficient (Wildman–Crippen LogP) is 2.95. The van der Waals surface area contributed by atoms with Gasteiger partial charge in [-0.1, -0.05) is 24.3 Å². The van der Waals surface area contributed by atoms with E-state index in [1.165, 1.54) is 4.31 Å². The minimum atomic E-state index is -3.48. The molecule has 9 heteroatoms. The summed E-state index contributed by atoms with van der Waals surface area (Å²) >= 11 is 0. The maximum Gasteiger partial charge on any atom is 0.253 e. The number of hydrogen-bond donors (Lipinski definition) is 2. The number of sulfonamides is 1. The fourth-order valence-corrected chi connectivity index (χ4v) is 4.13. The number of carbonyl (C=O) groups is 2. The SMILES string of the molecule is COCCCNC(=O)c1ccccc1NC(=O)CCCN(c1cccc(C)c1)S(C)(=O)=O. The maximum atomic E-state index is 12.5. The van der Waals surface area contributed by atoms with Gasteiger partial charge in [0.15, 0.2) is 0 Å². The summed E-state index contributed by atoms with van der Waals surface area (Å²) in [4.78, 5) is 24.9. The van der Waals surface area contributed by atoms with Gasteiger partial charge in [-0.25, -0.2) is 8.42 Å². The standard InChI is InChI=1S/C23H31N3O5S/c1-18-9-6-10-19(17-18)26(32(3,29)30)15-7-13-22(27)25-21-12-5-4-11-20(21)23(28)24-14-8-16-31-2/h4-6,9-12,17H,7-8,13-16H2,1-3H3,(H,24,28)(H,25,27). The molecular weight excluding hydrogens is 430 g/mol. The van der Waals surface area contributed by atoms with Crippen LogP contribution < -0.4 is 14.9 Å². The molecule has 2 amide bonds. The molecule has 2 rings (SSSR count). The molecule has 2 N–H and O–H groups in total. The van der Waals surface area contributed by atoms with E-state index in [0.717, 1.165) is 11.8 Å². The van der Waals surface area contributed by atoms with Crippen LogP contribution >= 0.6 is 0 Å². The summed E-state index contributed by atoms with van der Waals surface area (Å²) in [5, 5.41) is 5.56. The van der Waals surface area contributed by atoms with Gasteiger partial charge >= 0.3 is 0 Å². The Morgan fingerprint density at radius 2 is 1.81 bits per heavy atom. The van der Waals surface area contributed by atoms with E-state index in [1.807, 2.05) is 13.0 Å². The molecule has 0 heterocycles. The highest BCUT2D eigenvalue weighted by molar-refractivity contribution is 7.92. The van der Waals surface area contributed by atoms with E-state index in [9.17, 15) is 18.0 Å². The third-order valence-electron chi connectivity index (χ3n) is 4.71. The van der Waals surface area contributed by atoms with Crippen LogP contribution in [0.2, 0.25) is 0 Å². The summed E-state index contributed by atoms with van der Waals surface area (Å²) in [5.74, 6) is -0.568. The van der Waals surface area contributed by atoms with Gasteiger partial charge in [0.25, 0.3) is 5.91 Å². The number of rotatable bonds is 12. The van der Waals surface area contributed by atoms with Gasteiger partial charge in [-0.2, -0.15) is 0 Å². The van der Waals surface area contributed by atoms with Crippen molar-refractivity contribution in [2.45, 2.75) is 26.2 Å². The number of nitrogens with zero attached hydrogens (tertiary/aromatic N) is 1. The second-order valence-corrected chi connectivity index (χ2v) is 9.38. The number of methoxy groups -OCH3 is 1. The lowest BCUT2D eigenvalue weighted by atomic mass is 10.1. The Balaban J connectivity index is 1.96. The van der Waals surface area contributed by atoms with Gasteiger partial charge < -0.3 is 15.4 Å². The van der Waals surface area contributed by atoms with Crippen molar-refractivity contribution in [2.24, 2.45) is 0 Å². The minimum absolute atomic E-state index is 0.113. The number of para-hydroxylation sites is 1. The predicted molar refractivity (Wildman–Crippen MR) is 127 cm³/mol. The average Bonchev–Trinajstić information content (AvgIpc) is 2.73. The van der Waals surface area contributed by atoms with Crippen LogP contribution in [0.3, 0.4) is 0 Å². The molecule has 32 heavy (non-hydrogen) atoms. The molecule has 0 aliphatic heterocycles. The molecule has 0 saturated heterocycles. The van der Waals surface area contributed by atoms with Crippen LogP contribution in [0.15, 0.2) is 48.5 Å². The smallest absolute Gasteiger partial charge is 0.253 e. The molecule has 174 valence electrons. The average molecular weight is 462 g/mol. The van der Waals surface area contributed by atoms with Crippen molar-refractivity contribution in [3.05, 3.63) is 59.7 Å². The van der Waals surface area contributed by atoms with Crippen molar-refractivity contribution in [3.8, 4) is 0 Å². The fourth-order valence-electron chi connectivity index (χ4n) is 3.17. The summed E-state index contributed by atoms with van der Waals surface area (Å²) in [7, 11) is -1.88. The Morgan fingerprint density at radius 3 is 2.50 bits per heavy atom. The number of amides is 2. The highest BCUT2D eigenvalue weighted by atomic mass is 32.2. The molecule has 0 unspecified atom stereocenters. The van der Waals surface area contributed by atoms with E-state index in [1.54, 1.807) is 49.6 Å². The zero-order valence-corrected chi connectivity index (χ0v) is 19.6. The van der Waals surface area contributed by atoms with Crippen molar-refractivity contribution in [1.29, 1.82) is 0 Å². The number of anilines is 2. The summed E-state index contributed by atoms with van der Waals surface area (Å²) in [6.45, 7) is 3.08. The topological polar surface area (TPSA) is 105 Å². The fraction of sp³-hybridized carbons (Fsp3) is 0.391. The first-order chi connectivity index (χ1) is 15.2. The molecule has 0 radical (unpaired) electrons. The first-order valence-electron chi connectivity index (χ1n) is 10.4. The Labute approximate surface area is 190 Å². The van der Waals surface area contributed by atoms with Crippen LogP contribution in [0.4, 0.5) is 11.4 Å². The summed E-state index contributed by atoms with van der Waals surface area (Å²) in [5.41, 5.74) is 2.31. The molecule has 8 nitrogen and oxygen atoms in total. The monoisotopic (exact) mass is 461 g/mol. The zero-order valence-electron chi connectivity index (χ0n) is 18.8. The van der Waals surface area contributed by atoms with E-state index in [2.05, 4.69) is 10.6 Å². The molecule has 0 spiro atoms. The van der Waals surface area contributed by atoms with Gasteiger partial charge in [-0.3, -0.25) is 13.9 Å². The minimum Gasteiger partial charge on any atom is -0.385 e. The number of nitrogens with one attached hydrogen (secondary N) is 2. The van der Waals surface area contributed by atoms with Crippen molar-refractivity contribution in [3.63, 3.8) is 0 Å². The van der Waals surface area contributed by atoms with Crippen LogP contribution in [-0.2, 0) is 19.6 Å². The third kappa shape index (κ3) is 7.97. The number of benzene rings is 2. The summed E-state index contributed by atoms with van der Waals surface area (Å²) in [6, 6.07) is 14.0. The van der Waals surface area contributed by atoms with Gasteiger partial charge in [-0.05, 0) is 49.6 Å². The molecule has 0 atom stereocenters. The van der Waals surface area contributed by atoms with Crippen molar-refractivity contribution in [1.82, 2.24) is 5.32 Å². The second-order valence-electron chi connectivity index (χ2n) is 7.47. The van der Waals surface area contributed by atoms with Crippen molar-refractivity contribution < 1.29 is 22.7 Å². The highest BCUT2D eigenvalue weighted by Gasteiger charge is 2.18. The third-order valence-corrected chi connectivity index (χ3v) is 5.91. The van der Waals surface area contributed by atoms with Crippen molar-refractivity contribution >= 4 is 33.2 Å². The Kier molecular flexibility index (Phi) is 9.67. The first-order valence-corrected chi connectivity index (χ1v) is 12.3. The Bertz CT molecular complexity index is 1020. The summed E-state index contributed by atoms with van der Waals surface area (Å²) in [6.07, 6.45) is 2.28.